The summed E-state index contributed by atoms with van der Waals surface area (Å²) < 4.78 is 22.2. The molecule has 0 spiro atoms. The van der Waals surface area contributed by atoms with Gasteiger partial charge in [-0.3, -0.25) is 0 Å². The summed E-state index contributed by atoms with van der Waals surface area (Å²) in [5.41, 5.74) is 0.797. The van der Waals surface area contributed by atoms with Gasteiger partial charge in [0.25, 0.3) is 0 Å². The smallest absolute Gasteiger partial charge is 0.187 e. The van der Waals surface area contributed by atoms with Gasteiger partial charge in [0.15, 0.2) is 12.6 Å². The van der Waals surface area contributed by atoms with Crippen LogP contribution in [0.5, 0.6) is 0 Å². The fraction of sp³-hybridized carbons (Fsp3) is 0.938. The zero-order chi connectivity index (χ0) is 32.3. The van der Waals surface area contributed by atoms with E-state index in [1.54, 1.807) is 11.8 Å². The van der Waals surface area contributed by atoms with Crippen LogP contribution in [0.4, 0.5) is 0 Å². The molecule has 0 bridgehead atoms. The van der Waals surface area contributed by atoms with E-state index in [4.69, 9.17) is 18.9 Å². The van der Waals surface area contributed by atoms with E-state index in [0.29, 0.717) is 5.75 Å². The largest absolute Gasteiger partial charge is 0.394 e. The number of ether oxygens (including phenoxy) is 4. The highest BCUT2D eigenvalue weighted by molar-refractivity contribution is 7.99. The number of hydrogen-bond donors (Lipinski definition) is 7. The van der Waals surface area contributed by atoms with Gasteiger partial charge in [-0.2, -0.15) is 11.8 Å². The van der Waals surface area contributed by atoms with E-state index in [9.17, 15) is 35.7 Å². The summed E-state index contributed by atoms with van der Waals surface area (Å²) in [6, 6.07) is 0. The molecule has 2 fully saturated rings. The third-order valence-electron chi connectivity index (χ3n) is 8.36. The molecule has 7 N–H and O–H groups in total. The molecule has 2 heterocycles. The molecule has 44 heavy (non-hydrogen) atoms. The molecule has 2 saturated heterocycles. The number of aliphatic hydroxyl groups is 7. The topological polar surface area (TPSA) is 179 Å². The van der Waals surface area contributed by atoms with Crippen LogP contribution >= 0.6 is 11.8 Å². The maximum Gasteiger partial charge on any atom is 0.187 e. The molecule has 0 radical (unpaired) electrons. The number of unbranched alkanes of at least 4 members (excludes halogenated alkanes) is 13. The first-order valence-corrected chi connectivity index (χ1v) is 17.8. The molecule has 0 saturated carbocycles. The van der Waals surface area contributed by atoms with Gasteiger partial charge in [-0.15, -0.1) is 0 Å². The Balaban J connectivity index is 1.57. The summed E-state index contributed by atoms with van der Waals surface area (Å²) in [5, 5.41) is 70.8. The molecular weight excluding hydrogens is 592 g/mol. The normalized spacial score (nSPS) is 32.6. The second kappa shape index (κ2) is 23.1. The number of rotatable bonds is 24. The molecule has 0 aromatic carbocycles. The Morgan fingerprint density at radius 1 is 0.636 bits per heavy atom. The molecule has 2 aliphatic rings. The predicted molar refractivity (Wildman–Crippen MR) is 169 cm³/mol. The van der Waals surface area contributed by atoms with Gasteiger partial charge in [-0.25, -0.2) is 0 Å². The highest BCUT2D eigenvalue weighted by Gasteiger charge is 2.50. The lowest BCUT2D eigenvalue weighted by Gasteiger charge is -2.45. The molecule has 10 atom stereocenters. The van der Waals surface area contributed by atoms with Crippen molar-refractivity contribution < 1.29 is 54.7 Å². The first-order chi connectivity index (χ1) is 21.2. The summed E-state index contributed by atoms with van der Waals surface area (Å²) in [5.74, 6) is 1.72. The van der Waals surface area contributed by atoms with Gasteiger partial charge in [-0.05, 0) is 17.7 Å². The van der Waals surface area contributed by atoms with Crippen molar-refractivity contribution in [2.24, 2.45) is 0 Å². The Bertz CT molecular complexity index is 743. The van der Waals surface area contributed by atoms with E-state index in [-0.39, 0.29) is 6.61 Å². The van der Waals surface area contributed by atoms with Crippen LogP contribution in [0.15, 0.2) is 12.2 Å². The Labute approximate surface area is 267 Å². The average Bonchev–Trinajstić information content (AvgIpc) is 3.02. The Morgan fingerprint density at radius 3 is 1.68 bits per heavy atom. The van der Waals surface area contributed by atoms with Crippen LogP contribution in [0.25, 0.3) is 0 Å². The van der Waals surface area contributed by atoms with E-state index in [0.717, 1.165) is 17.7 Å². The lowest BCUT2D eigenvalue weighted by atomic mass is 9.97. The van der Waals surface area contributed by atoms with Gasteiger partial charge in [0.05, 0.1) is 19.8 Å². The Morgan fingerprint density at radius 2 is 1.14 bits per heavy atom. The molecule has 0 aromatic heterocycles. The maximum atomic E-state index is 10.7. The zero-order valence-corrected chi connectivity index (χ0v) is 27.4. The summed E-state index contributed by atoms with van der Waals surface area (Å²) in [6.45, 7) is 5.12. The van der Waals surface area contributed by atoms with E-state index in [1.165, 1.54) is 83.5 Å². The minimum absolute atomic E-state index is 0.0938. The van der Waals surface area contributed by atoms with Crippen molar-refractivity contribution in [1.29, 1.82) is 0 Å². The van der Waals surface area contributed by atoms with Gasteiger partial charge in [-0.1, -0.05) is 97.0 Å². The van der Waals surface area contributed by atoms with Crippen molar-refractivity contribution in [2.45, 2.75) is 158 Å². The van der Waals surface area contributed by atoms with E-state index >= 15 is 0 Å². The molecule has 0 unspecified atom stereocenters. The highest BCUT2D eigenvalue weighted by Crippen LogP contribution is 2.30. The van der Waals surface area contributed by atoms with Crippen molar-refractivity contribution in [3.8, 4) is 0 Å². The minimum atomic E-state index is -1.71. The van der Waals surface area contributed by atoms with Crippen LogP contribution in [-0.4, -0.2) is 128 Å². The van der Waals surface area contributed by atoms with Crippen LogP contribution < -0.4 is 0 Å². The average molecular weight is 653 g/mol. The number of thioether (sulfide) groups is 1. The van der Waals surface area contributed by atoms with Gasteiger partial charge in [0, 0.05) is 5.75 Å². The van der Waals surface area contributed by atoms with Gasteiger partial charge in [0.1, 0.15) is 48.8 Å². The fourth-order valence-corrected chi connectivity index (χ4v) is 6.47. The molecule has 2 aliphatic heterocycles. The summed E-state index contributed by atoms with van der Waals surface area (Å²) >= 11 is 1.78. The quantitative estimate of drug-likeness (QED) is 0.0599. The van der Waals surface area contributed by atoms with E-state index in [1.807, 2.05) is 0 Å². The third-order valence-corrected chi connectivity index (χ3v) is 9.55. The summed E-state index contributed by atoms with van der Waals surface area (Å²) in [4.78, 5) is 0. The van der Waals surface area contributed by atoms with Crippen LogP contribution in [0.2, 0.25) is 0 Å². The monoisotopic (exact) mass is 652 g/mol. The Kier molecular flexibility index (Phi) is 20.9. The predicted octanol–water partition coefficient (Wildman–Crippen LogP) is 2.40. The third kappa shape index (κ3) is 13.8. The summed E-state index contributed by atoms with van der Waals surface area (Å²) in [6.07, 6.45) is 3.97. The van der Waals surface area contributed by atoms with Crippen molar-refractivity contribution >= 4 is 11.8 Å². The molecule has 0 aliphatic carbocycles. The van der Waals surface area contributed by atoms with Gasteiger partial charge >= 0.3 is 0 Å². The molecule has 0 aromatic rings. The van der Waals surface area contributed by atoms with E-state index in [2.05, 4.69) is 13.5 Å². The van der Waals surface area contributed by atoms with Crippen molar-refractivity contribution in [1.82, 2.24) is 0 Å². The van der Waals surface area contributed by atoms with Crippen LogP contribution in [0.3, 0.4) is 0 Å². The van der Waals surface area contributed by atoms with Gasteiger partial charge < -0.3 is 54.7 Å². The van der Waals surface area contributed by atoms with Gasteiger partial charge in [0.2, 0.25) is 0 Å². The van der Waals surface area contributed by atoms with E-state index < -0.39 is 74.6 Å². The van der Waals surface area contributed by atoms with Crippen LogP contribution in [-0.2, 0) is 18.9 Å². The van der Waals surface area contributed by atoms with Crippen molar-refractivity contribution in [3.63, 3.8) is 0 Å². The summed E-state index contributed by atoms with van der Waals surface area (Å²) in [7, 11) is 0. The van der Waals surface area contributed by atoms with Crippen LogP contribution in [0, 0.1) is 0 Å². The first-order valence-electron chi connectivity index (χ1n) is 16.7. The molecular formula is C32H60O11S. The van der Waals surface area contributed by atoms with Crippen molar-refractivity contribution in [2.75, 3.05) is 31.3 Å². The lowest BCUT2D eigenvalue weighted by molar-refractivity contribution is -0.358. The maximum absolute atomic E-state index is 10.7. The highest BCUT2D eigenvalue weighted by atomic mass is 32.2. The molecule has 260 valence electrons. The van der Waals surface area contributed by atoms with Crippen LogP contribution in [0.1, 0.15) is 96.8 Å². The van der Waals surface area contributed by atoms with Crippen molar-refractivity contribution in [3.05, 3.63) is 12.2 Å². The minimum Gasteiger partial charge on any atom is -0.394 e. The first kappa shape index (κ1) is 39.8. The molecule has 12 heteroatoms. The fourth-order valence-electron chi connectivity index (χ4n) is 5.55. The second-order valence-electron chi connectivity index (χ2n) is 12.2. The molecule has 0 amide bonds. The zero-order valence-electron chi connectivity index (χ0n) is 26.6. The second-order valence-corrected chi connectivity index (χ2v) is 13.3. The number of hydrogen-bond acceptors (Lipinski definition) is 12. The standard InChI is InChI=1S/C32H60O11S/c1-3-4-5-6-7-8-9-10-11-12-13-14-15-16-17-44-21-22(2)20-40-31-29(39)27(37)30(24(19-34)42-31)43-32-28(38)26(36)25(35)23(18-33)41-32/h23-39H,2-21H2,1H3/t23-,24-,25+,26+,27-,28-,29-,30-,31-,32+/m1/s1. The number of aliphatic hydroxyl groups excluding tert-OH is 7. The SMILES string of the molecule is C=C(CO[C@@H]1O[C@H](CO)[C@@H](O[C@@H]2O[C@H](CO)[C@H](O)[C@H](O)[C@H]2O)[C@H](O)[C@H]1O)CSCCCCCCCCCCCCCCCC. The molecule has 2 rings (SSSR count). The lowest BCUT2D eigenvalue weighted by Crippen LogP contribution is -2.64. The Hall–Kier alpha value is -0.350. The molecule has 11 nitrogen and oxygen atoms in total.